The molecule has 2 saturated heterocycles. The molecule has 0 aliphatic carbocycles. The Labute approximate surface area is 127 Å². The maximum atomic E-state index is 12.5. The number of rotatable bonds is 5. The van der Waals surface area contributed by atoms with Crippen LogP contribution in [0.1, 0.15) is 26.2 Å². The number of piperidine rings is 1. The third kappa shape index (κ3) is 4.40. The van der Waals surface area contributed by atoms with Crippen molar-refractivity contribution in [3.05, 3.63) is 0 Å². The summed E-state index contributed by atoms with van der Waals surface area (Å²) in [5.74, 6) is 0.412. The number of amides is 1. The number of hydrogen-bond donors (Lipinski definition) is 1. The average molecular weight is 317 g/mol. The summed E-state index contributed by atoms with van der Waals surface area (Å²) in [5, 5.41) is 3.27. The van der Waals surface area contributed by atoms with E-state index in [-0.39, 0.29) is 23.5 Å². The van der Waals surface area contributed by atoms with E-state index in [1.165, 1.54) is 0 Å². The van der Waals surface area contributed by atoms with Crippen molar-refractivity contribution in [3.63, 3.8) is 0 Å². The summed E-state index contributed by atoms with van der Waals surface area (Å²) in [7, 11) is -0.991. The lowest BCUT2D eigenvalue weighted by atomic mass is 10.1. The second kappa shape index (κ2) is 7.07. The van der Waals surface area contributed by atoms with Crippen LogP contribution in [0.5, 0.6) is 0 Å². The Balaban J connectivity index is 1.91. The van der Waals surface area contributed by atoms with Gasteiger partial charge >= 0.3 is 0 Å². The van der Waals surface area contributed by atoms with Gasteiger partial charge in [0.1, 0.15) is 0 Å². The van der Waals surface area contributed by atoms with Crippen LogP contribution in [0.25, 0.3) is 0 Å². The lowest BCUT2D eigenvalue weighted by Gasteiger charge is -2.34. The molecule has 2 rings (SSSR count). The fourth-order valence-corrected chi connectivity index (χ4v) is 5.11. The molecule has 0 bridgehead atoms. The Morgan fingerprint density at radius 2 is 2.14 bits per heavy atom. The van der Waals surface area contributed by atoms with Gasteiger partial charge in [-0.05, 0) is 39.8 Å². The number of nitrogens with zero attached hydrogens (tertiary/aromatic N) is 2. The van der Waals surface area contributed by atoms with E-state index in [0.29, 0.717) is 25.6 Å². The van der Waals surface area contributed by atoms with Crippen molar-refractivity contribution in [2.45, 2.75) is 38.3 Å². The molecule has 0 aromatic rings. The molecule has 0 aromatic heterocycles. The lowest BCUT2D eigenvalue weighted by Crippen LogP contribution is -2.50. The minimum Gasteiger partial charge on any atom is -0.338 e. The van der Waals surface area contributed by atoms with Gasteiger partial charge in [-0.25, -0.2) is 8.42 Å². The monoisotopic (exact) mass is 317 g/mol. The molecule has 0 aromatic carbocycles. The summed E-state index contributed by atoms with van der Waals surface area (Å²) < 4.78 is 23.2. The summed E-state index contributed by atoms with van der Waals surface area (Å²) in [4.78, 5) is 16.4. The minimum atomic E-state index is -2.95. The van der Waals surface area contributed by atoms with Gasteiger partial charge in [0.05, 0.1) is 18.1 Å². The molecule has 1 amide bonds. The zero-order valence-corrected chi connectivity index (χ0v) is 13.9. The first-order valence-electron chi connectivity index (χ1n) is 7.84. The maximum Gasteiger partial charge on any atom is 0.237 e. The van der Waals surface area contributed by atoms with Crippen LogP contribution < -0.4 is 5.32 Å². The highest BCUT2D eigenvalue weighted by Crippen LogP contribution is 2.18. The SMILES string of the molecule is CCN(C(=O)CN1CCCC(NC)C1)C1CCS(=O)(=O)C1. The van der Waals surface area contributed by atoms with Gasteiger partial charge < -0.3 is 10.2 Å². The Bertz CT molecular complexity index is 466. The number of carbonyl (C=O) groups is 1. The molecule has 2 aliphatic rings. The summed E-state index contributed by atoms with van der Waals surface area (Å²) in [5.41, 5.74) is 0. The van der Waals surface area contributed by atoms with Crippen molar-refractivity contribution in [1.82, 2.24) is 15.1 Å². The standard InChI is InChI=1S/C14H27N3O3S/c1-3-17(13-6-8-21(19,20)11-13)14(18)10-16-7-4-5-12(9-16)15-2/h12-13,15H,3-11H2,1-2H3. The fourth-order valence-electron chi connectivity index (χ4n) is 3.38. The number of sulfone groups is 1. The third-order valence-corrected chi connectivity index (χ3v) is 6.33. The summed E-state index contributed by atoms with van der Waals surface area (Å²) in [6.07, 6.45) is 2.84. The summed E-state index contributed by atoms with van der Waals surface area (Å²) in [6, 6.07) is 0.325. The maximum absolute atomic E-state index is 12.5. The van der Waals surface area contributed by atoms with Crippen molar-refractivity contribution in [1.29, 1.82) is 0 Å². The van der Waals surface area contributed by atoms with Gasteiger partial charge in [-0.2, -0.15) is 0 Å². The largest absolute Gasteiger partial charge is 0.338 e. The molecule has 122 valence electrons. The molecular formula is C14H27N3O3S. The van der Waals surface area contributed by atoms with Crippen LogP contribution in [0.3, 0.4) is 0 Å². The zero-order valence-electron chi connectivity index (χ0n) is 13.0. The van der Waals surface area contributed by atoms with Crippen LogP contribution in [0, 0.1) is 0 Å². The summed E-state index contributed by atoms with van der Waals surface area (Å²) >= 11 is 0. The second-order valence-electron chi connectivity index (χ2n) is 6.10. The second-order valence-corrected chi connectivity index (χ2v) is 8.33. The van der Waals surface area contributed by atoms with Crippen molar-refractivity contribution < 1.29 is 13.2 Å². The van der Waals surface area contributed by atoms with E-state index in [1.807, 2.05) is 14.0 Å². The molecule has 6 nitrogen and oxygen atoms in total. The van der Waals surface area contributed by atoms with E-state index in [9.17, 15) is 13.2 Å². The molecule has 2 aliphatic heterocycles. The molecule has 2 heterocycles. The first kappa shape index (κ1) is 16.7. The smallest absolute Gasteiger partial charge is 0.237 e. The van der Waals surface area contributed by atoms with E-state index in [0.717, 1.165) is 25.9 Å². The normalized spacial score (nSPS) is 29.4. The molecule has 0 radical (unpaired) electrons. The first-order valence-corrected chi connectivity index (χ1v) is 9.67. The summed E-state index contributed by atoms with van der Waals surface area (Å²) in [6.45, 7) is 4.76. The molecule has 2 atom stereocenters. The highest BCUT2D eigenvalue weighted by molar-refractivity contribution is 7.91. The van der Waals surface area contributed by atoms with Gasteiger partial charge in [0, 0.05) is 25.2 Å². The first-order chi connectivity index (χ1) is 9.95. The van der Waals surface area contributed by atoms with Crippen LogP contribution >= 0.6 is 0 Å². The van der Waals surface area contributed by atoms with Crippen molar-refractivity contribution >= 4 is 15.7 Å². The molecule has 0 spiro atoms. The van der Waals surface area contributed by atoms with E-state index < -0.39 is 9.84 Å². The minimum absolute atomic E-state index is 0.0661. The van der Waals surface area contributed by atoms with Crippen LogP contribution in [0.2, 0.25) is 0 Å². The van der Waals surface area contributed by atoms with Crippen LogP contribution in [-0.4, -0.2) is 80.9 Å². The van der Waals surface area contributed by atoms with Gasteiger partial charge in [-0.1, -0.05) is 0 Å². The van der Waals surface area contributed by atoms with Crippen LogP contribution in [0.4, 0.5) is 0 Å². The predicted octanol–water partition coefficient (Wildman–Crippen LogP) is -0.294. The molecule has 7 heteroatoms. The molecule has 0 saturated carbocycles. The number of hydrogen-bond acceptors (Lipinski definition) is 5. The van der Waals surface area contributed by atoms with Crippen molar-refractivity contribution in [2.24, 2.45) is 0 Å². The van der Waals surface area contributed by atoms with Crippen LogP contribution in [-0.2, 0) is 14.6 Å². The Kier molecular flexibility index (Phi) is 5.62. The number of carbonyl (C=O) groups excluding carboxylic acids is 1. The number of likely N-dealkylation sites (N-methyl/N-ethyl adjacent to an activating group) is 2. The van der Waals surface area contributed by atoms with Gasteiger partial charge in [0.25, 0.3) is 0 Å². The van der Waals surface area contributed by atoms with E-state index in [2.05, 4.69) is 10.2 Å². The van der Waals surface area contributed by atoms with E-state index >= 15 is 0 Å². The number of nitrogens with one attached hydrogen (secondary N) is 1. The molecule has 2 fully saturated rings. The highest BCUT2D eigenvalue weighted by atomic mass is 32.2. The molecule has 1 N–H and O–H groups in total. The van der Waals surface area contributed by atoms with Crippen molar-refractivity contribution in [3.8, 4) is 0 Å². The topological polar surface area (TPSA) is 69.7 Å². The van der Waals surface area contributed by atoms with Gasteiger partial charge in [-0.3, -0.25) is 9.69 Å². The Morgan fingerprint density at radius 1 is 1.38 bits per heavy atom. The molecule has 21 heavy (non-hydrogen) atoms. The predicted molar refractivity (Wildman–Crippen MR) is 83.0 cm³/mol. The third-order valence-electron chi connectivity index (χ3n) is 4.58. The van der Waals surface area contributed by atoms with Crippen LogP contribution in [0.15, 0.2) is 0 Å². The highest BCUT2D eigenvalue weighted by Gasteiger charge is 2.34. The van der Waals surface area contributed by atoms with E-state index in [1.54, 1.807) is 4.90 Å². The molecule has 2 unspecified atom stereocenters. The molecular weight excluding hydrogens is 290 g/mol. The zero-order chi connectivity index (χ0) is 15.5. The quantitative estimate of drug-likeness (QED) is 0.754. The van der Waals surface area contributed by atoms with Crippen molar-refractivity contribution in [2.75, 3.05) is 44.7 Å². The Hall–Kier alpha value is -0.660. The fraction of sp³-hybridized carbons (Fsp3) is 0.929. The van der Waals surface area contributed by atoms with Gasteiger partial charge in [0.2, 0.25) is 5.91 Å². The lowest BCUT2D eigenvalue weighted by molar-refractivity contribution is -0.134. The van der Waals surface area contributed by atoms with Gasteiger partial charge in [0.15, 0.2) is 9.84 Å². The number of likely N-dealkylation sites (tertiary alicyclic amines) is 1. The van der Waals surface area contributed by atoms with E-state index in [4.69, 9.17) is 0 Å². The Morgan fingerprint density at radius 3 is 2.71 bits per heavy atom. The average Bonchev–Trinajstić information content (AvgIpc) is 2.80. The van der Waals surface area contributed by atoms with Gasteiger partial charge in [-0.15, -0.1) is 0 Å².